The molecule has 0 aliphatic heterocycles. The Morgan fingerprint density at radius 1 is 1.21 bits per heavy atom. The van der Waals surface area contributed by atoms with Gasteiger partial charge in [-0.2, -0.15) is 0 Å². The van der Waals surface area contributed by atoms with E-state index in [2.05, 4.69) is 5.32 Å². The second-order valence-electron chi connectivity index (χ2n) is 3.68. The minimum absolute atomic E-state index is 0.0161. The Kier molecular flexibility index (Phi) is 4.36. The van der Waals surface area contributed by atoms with Gasteiger partial charge in [-0.3, -0.25) is 4.79 Å². The number of nitrogens with one attached hydrogen (secondary N) is 1. The van der Waals surface area contributed by atoms with Gasteiger partial charge in [-0.1, -0.05) is 17.7 Å². The summed E-state index contributed by atoms with van der Waals surface area (Å²) >= 11 is 7.46. The Balaban J connectivity index is 2.28. The molecule has 0 saturated carbocycles. The minimum Gasteiger partial charge on any atom is -0.319 e. The zero-order chi connectivity index (χ0) is 14.0. The third-order valence-corrected chi connectivity index (χ3v) is 3.56. The fourth-order valence-electron chi connectivity index (χ4n) is 1.46. The molecule has 0 aromatic heterocycles. The third kappa shape index (κ3) is 3.22. The van der Waals surface area contributed by atoms with E-state index in [4.69, 9.17) is 11.6 Å². The summed E-state index contributed by atoms with van der Waals surface area (Å²) in [7, 11) is 0. The number of halogens is 4. The molecule has 98 valence electrons. The van der Waals surface area contributed by atoms with Crippen LogP contribution in [0.4, 0.5) is 14.5 Å². The van der Waals surface area contributed by atoms with Gasteiger partial charge in [-0.15, -0.1) is 0 Å². The van der Waals surface area contributed by atoms with E-state index in [1.807, 2.05) is 22.6 Å². The average Bonchev–Trinajstić information content (AvgIpc) is 2.34. The van der Waals surface area contributed by atoms with E-state index in [1.54, 1.807) is 0 Å². The van der Waals surface area contributed by atoms with Crippen molar-refractivity contribution in [2.75, 3.05) is 5.32 Å². The summed E-state index contributed by atoms with van der Waals surface area (Å²) in [5.41, 5.74) is 0.249. The number of anilines is 1. The Labute approximate surface area is 126 Å². The van der Waals surface area contributed by atoms with Gasteiger partial charge in [0.15, 0.2) is 5.82 Å². The topological polar surface area (TPSA) is 29.1 Å². The first-order chi connectivity index (χ1) is 8.99. The van der Waals surface area contributed by atoms with E-state index in [1.165, 1.54) is 36.4 Å². The van der Waals surface area contributed by atoms with Crippen molar-refractivity contribution in [1.82, 2.24) is 0 Å². The third-order valence-electron chi connectivity index (χ3n) is 2.38. The zero-order valence-electron chi connectivity index (χ0n) is 9.38. The van der Waals surface area contributed by atoms with Gasteiger partial charge in [0.2, 0.25) is 0 Å². The number of hydrogen-bond donors (Lipinski definition) is 1. The van der Waals surface area contributed by atoms with E-state index in [9.17, 15) is 13.6 Å². The summed E-state index contributed by atoms with van der Waals surface area (Å²) in [5, 5.41) is 2.32. The van der Waals surface area contributed by atoms with Crippen molar-refractivity contribution in [1.29, 1.82) is 0 Å². The quantitative estimate of drug-likeness (QED) is 0.749. The molecule has 0 unspecified atom stereocenters. The van der Waals surface area contributed by atoms with Gasteiger partial charge >= 0.3 is 0 Å². The standard InChI is InChI=1S/C13H7ClF2INO/c14-9-2-1-3-11(12(9)16)18-13(19)8-5-4-7(15)6-10(8)17/h1-6H,(H,18,19). The number of amides is 1. The number of benzene rings is 2. The highest BCUT2D eigenvalue weighted by molar-refractivity contribution is 14.1. The first kappa shape index (κ1) is 14.2. The van der Waals surface area contributed by atoms with Gasteiger partial charge in [-0.05, 0) is 52.9 Å². The SMILES string of the molecule is O=C(Nc1cccc(Cl)c1F)c1ccc(F)cc1I. The predicted octanol–water partition coefficient (Wildman–Crippen LogP) is 4.48. The first-order valence-corrected chi connectivity index (χ1v) is 6.65. The Hall–Kier alpha value is -1.21. The first-order valence-electron chi connectivity index (χ1n) is 5.19. The molecular weight excluding hydrogens is 387 g/mol. The molecule has 2 aromatic rings. The van der Waals surface area contributed by atoms with Crippen LogP contribution in [0.25, 0.3) is 0 Å². The molecule has 2 rings (SSSR count). The molecule has 0 bridgehead atoms. The maximum absolute atomic E-state index is 13.6. The zero-order valence-corrected chi connectivity index (χ0v) is 12.3. The maximum Gasteiger partial charge on any atom is 0.256 e. The largest absolute Gasteiger partial charge is 0.319 e. The second-order valence-corrected chi connectivity index (χ2v) is 5.25. The molecule has 1 N–H and O–H groups in total. The van der Waals surface area contributed by atoms with Crippen molar-refractivity contribution in [2.45, 2.75) is 0 Å². The molecule has 19 heavy (non-hydrogen) atoms. The fourth-order valence-corrected chi connectivity index (χ4v) is 2.36. The molecule has 6 heteroatoms. The van der Waals surface area contributed by atoms with E-state index < -0.39 is 17.5 Å². The second kappa shape index (κ2) is 5.83. The highest BCUT2D eigenvalue weighted by atomic mass is 127. The van der Waals surface area contributed by atoms with Crippen molar-refractivity contribution >= 4 is 45.8 Å². The Bertz CT molecular complexity index is 649. The van der Waals surface area contributed by atoms with Crippen molar-refractivity contribution in [3.8, 4) is 0 Å². The molecule has 2 aromatic carbocycles. The van der Waals surface area contributed by atoms with E-state index in [0.29, 0.717) is 3.57 Å². The monoisotopic (exact) mass is 393 g/mol. The summed E-state index contributed by atoms with van der Waals surface area (Å²) in [6.07, 6.45) is 0. The Morgan fingerprint density at radius 2 is 1.95 bits per heavy atom. The van der Waals surface area contributed by atoms with Gasteiger partial charge in [-0.25, -0.2) is 8.78 Å². The highest BCUT2D eigenvalue weighted by Crippen LogP contribution is 2.23. The summed E-state index contributed by atoms with van der Waals surface area (Å²) in [6, 6.07) is 8.05. The number of carbonyl (C=O) groups is 1. The number of rotatable bonds is 2. The van der Waals surface area contributed by atoms with Gasteiger partial charge in [0.25, 0.3) is 5.91 Å². The molecule has 0 aliphatic carbocycles. The molecule has 0 fully saturated rings. The molecule has 0 radical (unpaired) electrons. The minimum atomic E-state index is -0.699. The molecular formula is C13H7ClF2INO. The summed E-state index contributed by atoms with van der Waals surface area (Å²) in [6.45, 7) is 0. The van der Waals surface area contributed by atoms with Crippen LogP contribution in [0, 0.1) is 15.2 Å². The molecule has 0 spiro atoms. The van der Waals surface area contributed by atoms with Crippen molar-refractivity contribution < 1.29 is 13.6 Å². The van der Waals surface area contributed by atoms with Crippen LogP contribution in [-0.4, -0.2) is 5.91 Å². The van der Waals surface area contributed by atoms with Crippen LogP contribution in [0.15, 0.2) is 36.4 Å². The molecule has 0 aliphatic rings. The highest BCUT2D eigenvalue weighted by Gasteiger charge is 2.14. The summed E-state index contributed by atoms with van der Waals surface area (Å²) in [5.74, 6) is -1.66. The molecule has 1 amide bonds. The number of carbonyl (C=O) groups excluding carboxylic acids is 1. The van der Waals surface area contributed by atoms with Crippen LogP contribution < -0.4 is 5.32 Å². The van der Waals surface area contributed by atoms with Gasteiger partial charge in [0.05, 0.1) is 16.3 Å². The lowest BCUT2D eigenvalue weighted by Gasteiger charge is -2.08. The lowest BCUT2D eigenvalue weighted by atomic mass is 10.2. The van der Waals surface area contributed by atoms with Crippen LogP contribution in [0.2, 0.25) is 5.02 Å². The lowest BCUT2D eigenvalue weighted by molar-refractivity contribution is 0.102. The molecule has 0 saturated heterocycles. The maximum atomic E-state index is 13.6. The van der Waals surface area contributed by atoms with Crippen molar-refractivity contribution in [3.63, 3.8) is 0 Å². The van der Waals surface area contributed by atoms with Crippen LogP contribution in [0.3, 0.4) is 0 Å². The van der Waals surface area contributed by atoms with Crippen molar-refractivity contribution in [2.24, 2.45) is 0 Å². The van der Waals surface area contributed by atoms with Gasteiger partial charge < -0.3 is 5.32 Å². The fraction of sp³-hybridized carbons (Fsp3) is 0. The van der Waals surface area contributed by atoms with E-state index >= 15 is 0 Å². The summed E-state index contributed by atoms with van der Waals surface area (Å²) < 4.78 is 27.0. The normalized spacial score (nSPS) is 10.3. The van der Waals surface area contributed by atoms with Crippen LogP contribution in [-0.2, 0) is 0 Å². The van der Waals surface area contributed by atoms with Gasteiger partial charge in [0, 0.05) is 3.57 Å². The lowest BCUT2D eigenvalue weighted by Crippen LogP contribution is -2.14. The van der Waals surface area contributed by atoms with E-state index in [-0.39, 0.29) is 16.3 Å². The predicted molar refractivity (Wildman–Crippen MR) is 78.5 cm³/mol. The van der Waals surface area contributed by atoms with Crippen LogP contribution in [0.5, 0.6) is 0 Å². The van der Waals surface area contributed by atoms with E-state index in [0.717, 1.165) is 0 Å². The smallest absolute Gasteiger partial charge is 0.256 e. The van der Waals surface area contributed by atoms with Gasteiger partial charge in [0.1, 0.15) is 5.82 Å². The molecule has 2 nitrogen and oxygen atoms in total. The average molecular weight is 394 g/mol. The van der Waals surface area contributed by atoms with Crippen LogP contribution >= 0.6 is 34.2 Å². The Morgan fingerprint density at radius 3 is 2.63 bits per heavy atom. The summed E-state index contributed by atoms with van der Waals surface area (Å²) in [4.78, 5) is 12.0. The molecule has 0 atom stereocenters. The number of hydrogen-bond acceptors (Lipinski definition) is 1. The van der Waals surface area contributed by atoms with Crippen molar-refractivity contribution in [3.05, 3.63) is 62.2 Å². The molecule has 0 heterocycles. The van der Waals surface area contributed by atoms with Crippen LogP contribution in [0.1, 0.15) is 10.4 Å².